The Bertz CT molecular complexity index is 989. The van der Waals surface area contributed by atoms with Crippen LogP contribution in [0.15, 0.2) is 60.0 Å². The number of hydrogen-bond acceptors (Lipinski definition) is 6. The molecular weight excluding hydrogens is 400 g/mol. The molecular formula is C22H22N4O3S. The van der Waals surface area contributed by atoms with E-state index in [0.717, 1.165) is 41.3 Å². The summed E-state index contributed by atoms with van der Waals surface area (Å²) in [6.07, 6.45) is 1.75. The van der Waals surface area contributed by atoms with Gasteiger partial charge in [0.05, 0.1) is 7.11 Å². The van der Waals surface area contributed by atoms with Gasteiger partial charge in [-0.05, 0) is 47.6 Å². The molecule has 2 amide bonds. The minimum Gasteiger partial charge on any atom is -0.497 e. The maximum absolute atomic E-state index is 13.3. The molecule has 154 valence electrons. The number of rotatable bonds is 8. The summed E-state index contributed by atoms with van der Waals surface area (Å²) in [5.41, 5.74) is 1.99. The van der Waals surface area contributed by atoms with E-state index < -0.39 is 6.04 Å². The highest BCUT2D eigenvalue weighted by molar-refractivity contribution is 7.03. The zero-order valence-electron chi connectivity index (χ0n) is 16.5. The lowest BCUT2D eigenvalue weighted by molar-refractivity contribution is -0.126. The van der Waals surface area contributed by atoms with Crippen molar-refractivity contribution in [2.24, 2.45) is 0 Å². The van der Waals surface area contributed by atoms with Crippen LogP contribution in [0.25, 0.3) is 0 Å². The van der Waals surface area contributed by atoms with Crippen molar-refractivity contribution in [3.05, 3.63) is 76.8 Å². The zero-order valence-corrected chi connectivity index (χ0v) is 17.3. The predicted octanol–water partition coefficient (Wildman–Crippen LogP) is 3.21. The van der Waals surface area contributed by atoms with Gasteiger partial charge in [-0.15, -0.1) is 5.10 Å². The average molecular weight is 423 g/mol. The van der Waals surface area contributed by atoms with Crippen molar-refractivity contribution in [3.63, 3.8) is 0 Å². The van der Waals surface area contributed by atoms with Gasteiger partial charge in [0.25, 0.3) is 5.91 Å². The molecule has 1 aliphatic rings. The van der Waals surface area contributed by atoms with Crippen LogP contribution in [0, 0.1) is 0 Å². The summed E-state index contributed by atoms with van der Waals surface area (Å²) in [4.78, 5) is 28.2. The molecule has 0 bridgehead atoms. The van der Waals surface area contributed by atoms with Crippen LogP contribution in [0.5, 0.6) is 5.75 Å². The van der Waals surface area contributed by atoms with Crippen LogP contribution in [0.1, 0.15) is 40.5 Å². The van der Waals surface area contributed by atoms with E-state index in [1.54, 1.807) is 17.4 Å². The fourth-order valence-electron chi connectivity index (χ4n) is 3.34. The normalized spacial score (nSPS) is 14.0. The number of methoxy groups -OCH3 is 1. The molecule has 0 aliphatic heterocycles. The van der Waals surface area contributed by atoms with Crippen LogP contribution in [-0.2, 0) is 11.3 Å². The first-order valence-corrected chi connectivity index (χ1v) is 10.6. The second-order valence-electron chi connectivity index (χ2n) is 7.11. The summed E-state index contributed by atoms with van der Waals surface area (Å²) in [5.74, 6) is 0.273. The fraction of sp³-hybridized carbons (Fsp3) is 0.273. The zero-order chi connectivity index (χ0) is 20.9. The lowest BCUT2D eigenvalue weighted by Crippen LogP contribution is -2.45. The summed E-state index contributed by atoms with van der Waals surface area (Å²) in [7, 11) is 1.61. The molecule has 1 saturated carbocycles. The summed E-state index contributed by atoms with van der Waals surface area (Å²) >= 11 is 1.12. The molecule has 2 aromatic carbocycles. The van der Waals surface area contributed by atoms with E-state index >= 15 is 0 Å². The molecule has 1 aromatic heterocycles. The van der Waals surface area contributed by atoms with Crippen LogP contribution in [0.3, 0.4) is 0 Å². The summed E-state index contributed by atoms with van der Waals surface area (Å²) in [6.45, 7) is 0.358. The summed E-state index contributed by atoms with van der Waals surface area (Å²) in [6, 6.07) is 16.2. The fourth-order valence-corrected chi connectivity index (χ4v) is 3.77. The molecule has 0 radical (unpaired) electrons. The Balaban J connectivity index is 1.58. The highest BCUT2D eigenvalue weighted by Crippen LogP contribution is 2.36. The van der Waals surface area contributed by atoms with E-state index in [2.05, 4.69) is 14.9 Å². The van der Waals surface area contributed by atoms with Gasteiger partial charge in [-0.3, -0.25) is 9.59 Å². The van der Waals surface area contributed by atoms with E-state index in [9.17, 15) is 9.59 Å². The number of hydrogen-bond donors (Lipinski definition) is 1. The smallest absolute Gasteiger partial charge is 0.276 e. The quantitative estimate of drug-likeness (QED) is 0.603. The van der Waals surface area contributed by atoms with Crippen molar-refractivity contribution in [2.75, 3.05) is 7.11 Å². The molecule has 8 heteroatoms. The number of nitrogens with one attached hydrogen (secondary N) is 1. The van der Waals surface area contributed by atoms with Crippen LogP contribution in [0.4, 0.5) is 0 Å². The van der Waals surface area contributed by atoms with Crippen LogP contribution in [0.2, 0.25) is 0 Å². The average Bonchev–Trinajstić information content (AvgIpc) is 3.47. The highest BCUT2D eigenvalue weighted by atomic mass is 32.1. The number of nitrogens with zero attached hydrogens (tertiary/aromatic N) is 3. The first kappa shape index (κ1) is 20.0. The van der Waals surface area contributed by atoms with Gasteiger partial charge >= 0.3 is 0 Å². The Labute approximate surface area is 178 Å². The van der Waals surface area contributed by atoms with Crippen molar-refractivity contribution in [3.8, 4) is 5.75 Å². The molecule has 0 spiro atoms. The van der Waals surface area contributed by atoms with Gasteiger partial charge in [0.1, 0.15) is 11.8 Å². The van der Waals surface area contributed by atoms with Crippen molar-refractivity contribution < 1.29 is 14.3 Å². The Hall–Kier alpha value is -3.26. The largest absolute Gasteiger partial charge is 0.497 e. The van der Waals surface area contributed by atoms with Gasteiger partial charge < -0.3 is 15.0 Å². The van der Waals surface area contributed by atoms with E-state index in [-0.39, 0.29) is 23.6 Å². The van der Waals surface area contributed by atoms with Crippen molar-refractivity contribution in [2.45, 2.75) is 31.5 Å². The van der Waals surface area contributed by atoms with Gasteiger partial charge in [0.15, 0.2) is 5.69 Å². The molecule has 0 unspecified atom stereocenters. The number of ether oxygens (including phenoxy) is 1. The molecule has 3 aromatic rings. The SMILES string of the molecule is COc1ccc(CNC(=O)[C@@H](c2ccccc2)N(C(=O)c2csnn2)C2CC2)cc1. The molecule has 30 heavy (non-hydrogen) atoms. The number of carbonyl (C=O) groups excluding carboxylic acids is 2. The third-order valence-corrected chi connectivity index (χ3v) is 5.53. The second kappa shape index (κ2) is 9.04. The van der Waals surface area contributed by atoms with Crippen LogP contribution in [-0.4, -0.2) is 39.5 Å². The molecule has 7 nitrogen and oxygen atoms in total. The summed E-state index contributed by atoms with van der Waals surface area (Å²) in [5, 5.41) is 8.54. The highest BCUT2D eigenvalue weighted by Gasteiger charge is 2.42. The Morgan fingerprint density at radius 2 is 1.90 bits per heavy atom. The van der Waals surface area contributed by atoms with E-state index in [4.69, 9.17) is 4.74 Å². The lowest BCUT2D eigenvalue weighted by atomic mass is 10.0. The Morgan fingerprint density at radius 3 is 2.50 bits per heavy atom. The minimum atomic E-state index is -0.730. The van der Waals surface area contributed by atoms with Crippen LogP contribution >= 0.6 is 11.5 Å². The van der Waals surface area contributed by atoms with Crippen molar-refractivity contribution in [1.29, 1.82) is 0 Å². The second-order valence-corrected chi connectivity index (χ2v) is 7.72. The van der Waals surface area contributed by atoms with Gasteiger partial charge in [0, 0.05) is 18.0 Å². The van der Waals surface area contributed by atoms with E-state index in [1.165, 1.54) is 0 Å². The number of amides is 2. The number of aromatic nitrogens is 2. The summed E-state index contributed by atoms with van der Waals surface area (Å²) < 4.78 is 8.98. The molecule has 1 heterocycles. The first-order chi connectivity index (χ1) is 14.7. The Morgan fingerprint density at radius 1 is 1.17 bits per heavy atom. The van der Waals surface area contributed by atoms with Crippen molar-refractivity contribution in [1.82, 2.24) is 19.8 Å². The predicted molar refractivity (Wildman–Crippen MR) is 113 cm³/mol. The van der Waals surface area contributed by atoms with Crippen molar-refractivity contribution >= 4 is 23.3 Å². The first-order valence-electron chi connectivity index (χ1n) is 9.72. The molecule has 1 atom stereocenters. The maximum atomic E-state index is 13.3. The number of carbonyl (C=O) groups is 2. The van der Waals surface area contributed by atoms with Gasteiger partial charge in [-0.2, -0.15) is 0 Å². The topological polar surface area (TPSA) is 84.4 Å². The molecule has 1 N–H and O–H groups in total. The lowest BCUT2D eigenvalue weighted by Gasteiger charge is -2.31. The van der Waals surface area contributed by atoms with Gasteiger partial charge in [-0.1, -0.05) is 47.0 Å². The van der Waals surface area contributed by atoms with E-state index in [0.29, 0.717) is 6.54 Å². The van der Waals surface area contributed by atoms with Crippen LogP contribution < -0.4 is 10.1 Å². The molecule has 0 saturated heterocycles. The van der Waals surface area contributed by atoms with E-state index in [1.807, 2.05) is 54.6 Å². The standard InChI is InChI=1S/C22H22N4O3S/c1-29-18-11-7-15(8-12-18)13-23-21(27)20(16-5-3-2-4-6-16)26(17-9-10-17)22(28)19-14-30-25-24-19/h2-8,11-12,14,17,20H,9-10,13H2,1H3,(H,23,27)/t20-/m1/s1. The van der Waals surface area contributed by atoms with Gasteiger partial charge in [-0.25, -0.2) is 0 Å². The molecule has 1 aliphatic carbocycles. The maximum Gasteiger partial charge on any atom is 0.276 e. The monoisotopic (exact) mass is 422 g/mol. The third kappa shape index (κ3) is 4.49. The van der Waals surface area contributed by atoms with Gasteiger partial charge in [0.2, 0.25) is 5.91 Å². The minimum absolute atomic E-state index is 0.0242. The number of benzene rings is 2. The molecule has 4 rings (SSSR count). The Kier molecular flexibility index (Phi) is 6.04. The molecule has 1 fully saturated rings. The third-order valence-electron chi connectivity index (χ3n) is 5.02.